The van der Waals surface area contributed by atoms with Gasteiger partial charge in [-0.1, -0.05) is 20.3 Å². The zero-order valence-corrected chi connectivity index (χ0v) is 6.28. The number of alkyl halides is 1. The van der Waals surface area contributed by atoms with Crippen LogP contribution < -0.4 is 5.32 Å². The van der Waals surface area contributed by atoms with E-state index in [1.54, 1.807) is 0 Å². The van der Waals surface area contributed by atoms with E-state index in [1.807, 2.05) is 0 Å². The lowest BCUT2D eigenvalue weighted by Crippen LogP contribution is -2.22. The van der Waals surface area contributed by atoms with Gasteiger partial charge in [0.2, 0.25) is 0 Å². The van der Waals surface area contributed by atoms with E-state index in [4.69, 9.17) is 0 Å². The summed E-state index contributed by atoms with van der Waals surface area (Å²) in [6.07, 6.45) is 1.17. The van der Waals surface area contributed by atoms with Crippen LogP contribution >= 0.6 is 0 Å². The van der Waals surface area contributed by atoms with Gasteiger partial charge in [-0.15, -0.1) is 0 Å². The molecule has 0 aromatic heterocycles. The van der Waals surface area contributed by atoms with Crippen LogP contribution in [0.5, 0.6) is 0 Å². The molecule has 0 radical (unpaired) electrons. The molecule has 0 rings (SSSR count). The Balaban J connectivity index is 2.88. The van der Waals surface area contributed by atoms with Crippen LogP contribution in [-0.4, -0.2) is 19.8 Å². The van der Waals surface area contributed by atoms with Gasteiger partial charge in [-0.25, -0.2) is 4.39 Å². The Morgan fingerprint density at radius 2 is 2.22 bits per heavy atom. The minimum atomic E-state index is -0.254. The molecule has 0 aromatic rings. The third-order valence-electron chi connectivity index (χ3n) is 1.46. The summed E-state index contributed by atoms with van der Waals surface area (Å²) in [4.78, 5) is 0. The molecule has 9 heavy (non-hydrogen) atoms. The quantitative estimate of drug-likeness (QED) is 0.561. The second-order valence-corrected chi connectivity index (χ2v) is 2.41. The normalized spacial score (nSPS) is 13.7. The van der Waals surface area contributed by atoms with E-state index < -0.39 is 0 Å². The topological polar surface area (TPSA) is 12.0 Å². The number of hydrogen-bond donors (Lipinski definition) is 1. The second kappa shape index (κ2) is 6.02. The average Bonchev–Trinajstić information content (AvgIpc) is 1.89. The van der Waals surface area contributed by atoms with Crippen molar-refractivity contribution in [3.05, 3.63) is 0 Å². The number of nitrogens with one attached hydrogen (secondary N) is 1. The minimum absolute atomic E-state index is 0.254. The zero-order valence-electron chi connectivity index (χ0n) is 6.28. The number of halogens is 1. The van der Waals surface area contributed by atoms with E-state index in [1.165, 1.54) is 6.42 Å². The van der Waals surface area contributed by atoms with Crippen molar-refractivity contribution in [3.8, 4) is 0 Å². The molecule has 0 aliphatic carbocycles. The largest absolute Gasteiger partial charge is 0.314 e. The van der Waals surface area contributed by atoms with Gasteiger partial charge in [0.25, 0.3) is 0 Å². The molecule has 1 nitrogen and oxygen atoms in total. The summed E-state index contributed by atoms with van der Waals surface area (Å²) >= 11 is 0. The van der Waals surface area contributed by atoms with Crippen LogP contribution in [0.25, 0.3) is 0 Å². The first-order chi connectivity index (χ1) is 4.31. The van der Waals surface area contributed by atoms with Gasteiger partial charge >= 0.3 is 0 Å². The molecule has 0 heterocycles. The van der Waals surface area contributed by atoms with E-state index in [9.17, 15) is 4.39 Å². The molecule has 0 saturated heterocycles. The van der Waals surface area contributed by atoms with E-state index in [0.29, 0.717) is 12.5 Å². The summed E-state index contributed by atoms with van der Waals surface area (Å²) in [6.45, 7) is 5.49. The van der Waals surface area contributed by atoms with Crippen molar-refractivity contribution in [1.29, 1.82) is 0 Å². The van der Waals surface area contributed by atoms with Crippen molar-refractivity contribution in [2.45, 2.75) is 20.3 Å². The summed E-state index contributed by atoms with van der Waals surface area (Å²) in [5.74, 6) is 0.677. The molecule has 0 bridgehead atoms. The Kier molecular flexibility index (Phi) is 5.94. The SMILES string of the molecule is CCC(C)CNCCF. The molecule has 1 unspecified atom stereocenters. The Hall–Kier alpha value is -0.110. The Labute approximate surface area is 56.6 Å². The summed E-state index contributed by atoms with van der Waals surface area (Å²) in [5, 5.41) is 3.01. The van der Waals surface area contributed by atoms with Gasteiger partial charge in [0.15, 0.2) is 0 Å². The average molecular weight is 133 g/mol. The molecule has 0 fully saturated rings. The van der Waals surface area contributed by atoms with Crippen molar-refractivity contribution in [3.63, 3.8) is 0 Å². The molecule has 1 atom stereocenters. The molecule has 0 saturated carbocycles. The molecule has 0 aliphatic heterocycles. The van der Waals surface area contributed by atoms with Gasteiger partial charge in [-0.2, -0.15) is 0 Å². The molecule has 1 N–H and O–H groups in total. The Morgan fingerprint density at radius 3 is 2.67 bits per heavy atom. The fraction of sp³-hybridized carbons (Fsp3) is 1.00. The molecule has 56 valence electrons. The number of hydrogen-bond acceptors (Lipinski definition) is 1. The highest BCUT2D eigenvalue weighted by molar-refractivity contribution is 4.53. The molecule has 0 aromatic carbocycles. The maximum atomic E-state index is 11.5. The Morgan fingerprint density at radius 1 is 1.56 bits per heavy atom. The van der Waals surface area contributed by atoms with Gasteiger partial charge < -0.3 is 5.32 Å². The van der Waals surface area contributed by atoms with Crippen LogP contribution in [0.1, 0.15) is 20.3 Å². The van der Waals surface area contributed by atoms with Crippen molar-refractivity contribution >= 4 is 0 Å². The van der Waals surface area contributed by atoms with Crippen molar-refractivity contribution in [2.24, 2.45) is 5.92 Å². The summed E-state index contributed by atoms with van der Waals surface area (Å²) in [7, 11) is 0. The van der Waals surface area contributed by atoms with E-state index in [2.05, 4.69) is 19.2 Å². The lowest BCUT2D eigenvalue weighted by Gasteiger charge is -2.07. The summed E-state index contributed by atoms with van der Waals surface area (Å²) < 4.78 is 11.5. The van der Waals surface area contributed by atoms with Crippen LogP contribution in [0.15, 0.2) is 0 Å². The van der Waals surface area contributed by atoms with E-state index in [-0.39, 0.29) is 6.67 Å². The maximum Gasteiger partial charge on any atom is 0.102 e. The first-order valence-corrected chi connectivity index (χ1v) is 3.58. The van der Waals surface area contributed by atoms with Crippen LogP contribution in [0.4, 0.5) is 4.39 Å². The first kappa shape index (κ1) is 8.89. The van der Waals surface area contributed by atoms with E-state index in [0.717, 1.165) is 6.54 Å². The standard InChI is InChI=1S/C7H16FN/c1-3-7(2)6-9-5-4-8/h7,9H,3-6H2,1-2H3. The fourth-order valence-corrected chi connectivity index (χ4v) is 0.560. The van der Waals surface area contributed by atoms with Crippen molar-refractivity contribution < 1.29 is 4.39 Å². The maximum absolute atomic E-state index is 11.5. The second-order valence-electron chi connectivity index (χ2n) is 2.41. The summed E-state index contributed by atoms with van der Waals surface area (Å²) in [5.41, 5.74) is 0. The third kappa shape index (κ3) is 5.77. The van der Waals surface area contributed by atoms with Crippen LogP contribution in [0.2, 0.25) is 0 Å². The van der Waals surface area contributed by atoms with Crippen LogP contribution in [0.3, 0.4) is 0 Å². The zero-order chi connectivity index (χ0) is 7.11. The molecule has 0 aliphatic rings. The van der Waals surface area contributed by atoms with Crippen molar-refractivity contribution in [2.75, 3.05) is 19.8 Å². The Bertz CT molecular complexity index is 56.9. The predicted octanol–water partition coefficient (Wildman–Crippen LogP) is 1.59. The molecular weight excluding hydrogens is 117 g/mol. The third-order valence-corrected chi connectivity index (χ3v) is 1.46. The highest BCUT2D eigenvalue weighted by Gasteiger charge is 1.95. The van der Waals surface area contributed by atoms with Gasteiger partial charge in [-0.3, -0.25) is 0 Å². The van der Waals surface area contributed by atoms with Crippen molar-refractivity contribution in [1.82, 2.24) is 5.32 Å². The highest BCUT2D eigenvalue weighted by Crippen LogP contribution is 1.96. The monoisotopic (exact) mass is 133 g/mol. The fourth-order valence-electron chi connectivity index (χ4n) is 0.560. The van der Waals surface area contributed by atoms with Gasteiger partial charge in [0.1, 0.15) is 6.67 Å². The lowest BCUT2D eigenvalue weighted by molar-refractivity contribution is 0.436. The molecular formula is C7H16FN. The lowest BCUT2D eigenvalue weighted by atomic mass is 10.1. The van der Waals surface area contributed by atoms with Gasteiger partial charge in [-0.05, 0) is 12.5 Å². The molecule has 2 heteroatoms. The predicted molar refractivity (Wildman–Crippen MR) is 38.3 cm³/mol. The summed E-state index contributed by atoms with van der Waals surface area (Å²) in [6, 6.07) is 0. The minimum Gasteiger partial charge on any atom is -0.314 e. The van der Waals surface area contributed by atoms with E-state index >= 15 is 0 Å². The first-order valence-electron chi connectivity index (χ1n) is 3.58. The van der Waals surface area contributed by atoms with Gasteiger partial charge in [0.05, 0.1) is 0 Å². The molecule has 0 spiro atoms. The highest BCUT2D eigenvalue weighted by atomic mass is 19.1. The smallest absolute Gasteiger partial charge is 0.102 e. The number of rotatable bonds is 5. The van der Waals surface area contributed by atoms with Crippen LogP contribution in [0, 0.1) is 5.92 Å². The van der Waals surface area contributed by atoms with Crippen LogP contribution in [-0.2, 0) is 0 Å². The molecule has 0 amide bonds. The van der Waals surface area contributed by atoms with Gasteiger partial charge in [0, 0.05) is 6.54 Å².